The van der Waals surface area contributed by atoms with Crippen LogP contribution in [0, 0.1) is 13.8 Å². The molecule has 2 amide bonds. The van der Waals surface area contributed by atoms with E-state index in [4.69, 9.17) is 4.74 Å². The summed E-state index contributed by atoms with van der Waals surface area (Å²) in [7, 11) is 0. The second-order valence-corrected chi connectivity index (χ2v) is 6.75. The minimum absolute atomic E-state index is 0.0129. The molecule has 5 heteroatoms. The van der Waals surface area contributed by atoms with Crippen LogP contribution >= 0.6 is 0 Å². The molecule has 1 saturated heterocycles. The van der Waals surface area contributed by atoms with Gasteiger partial charge in [0.15, 0.2) is 6.61 Å². The van der Waals surface area contributed by atoms with Gasteiger partial charge in [0, 0.05) is 32.6 Å². The van der Waals surface area contributed by atoms with E-state index in [0.29, 0.717) is 26.1 Å². The van der Waals surface area contributed by atoms with Gasteiger partial charge in [-0.2, -0.15) is 0 Å². The van der Waals surface area contributed by atoms with Crippen molar-refractivity contribution < 1.29 is 14.3 Å². The van der Waals surface area contributed by atoms with Crippen LogP contribution in [-0.2, 0) is 9.59 Å². The lowest BCUT2D eigenvalue weighted by molar-refractivity contribution is -0.134. The van der Waals surface area contributed by atoms with Crippen molar-refractivity contribution >= 4 is 11.8 Å². The SMILES string of the molecule is CCCCC(=O)N1CCCN(C(=O)COc2ccc(C)c(C)c2)CC1. The molecule has 138 valence electrons. The third-order valence-electron chi connectivity index (χ3n) is 4.79. The molecule has 0 spiro atoms. The summed E-state index contributed by atoms with van der Waals surface area (Å²) in [4.78, 5) is 28.3. The normalized spacial score (nSPS) is 15.0. The van der Waals surface area contributed by atoms with Gasteiger partial charge in [-0.15, -0.1) is 0 Å². The van der Waals surface area contributed by atoms with Gasteiger partial charge in [0.2, 0.25) is 5.91 Å². The van der Waals surface area contributed by atoms with E-state index in [-0.39, 0.29) is 18.4 Å². The van der Waals surface area contributed by atoms with Gasteiger partial charge < -0.3 is 14.5 Å². The Kier molecular flexibility index (Phi) is 7.29. The molecule has 1 aliphatic heterocycles. The third kappa shape index (κ3) is 5.76. The van der Waals surface area contributed by atoms with Crippen LogP contribution in [0.2, 0.25) is 0 Å². The number of amides is 2. The monoisotopic (exact) mass is 346 g/mol. The minimum atomic E-state index is -0.0129. The first kappa shape index (κ1) is 19.3. The van der Waals surface area contributed by atoms with Crippen LogP contribution in [0.15, 0.2) is 18.2 Å². The Morgan fingerprint density at radius 2 is 1.68 bits per heavy atom. The topological polar surface area (TPSA) is 49.9 Å². The van der Waals surface area contributed by atoms with E-state index in [1.165, 1.54) is 5.56 Å². The molecular formula is C20H30N2O3. The molecule has 2 rings (SSSR count). The Labute approximate surface area is 150 Å². The predicted molar refractivity (Wildman–Crippen MR) is 98.7 cm³/mol. The van der Waals surface area contributed by atoms with Crippen molar-refractivity contribution in [2.24, 2.45) is 0 Å². The van der Waals surface area contributed by atoms with E-state index in [2.05, 4.69) is 13.8 Å². The Hall–Kier alpha value is -2.04. The second-order valence-electron chi connectivity index (χ2n) is 6.75. The number of hydrogen-bond acceptors (Lipinski definition) is 3. The highest BCUT2D eigenvalue weighted by Crippen LogP contribution is 2.16. The largest absolute Gasteiger partial charge is 0.484 e. The molecule has 0 bridgehead atoms. The Bertz CT molecular complexity index is 601. The standard InChI is InChI=1S/C20H30N2O3/c1-4-5-7-19(23)21-10-6-11-22(13-12-21)20(24)15-25-18-9-8-16(2)17(3)14-18/h8-9,14H,4-7,10-13,15H2,1-3H3. The molecule has 1 aromatic carbocycles. The smallest absolute Gasteiger partial charge is 0.260 e. The van der Waals surface area contributed by atoms with Crippen molar-refractivity contribution in [3.05, 3.63) is 29.3 Å². The molecule has 0 saturated carbocycles. The summed E-state index contributed by atoms with van der Waals surface area (Å²) in [6.07, 6.45) is 3.40. The molecule has 0 N–H and O–H groups in total. The first-order chi connectivity index (χ1) is 12.0. The van der Waals surface area contributed by atoms with Gasteiger partial charge in [0.05, 0.1) is 0 Å². The lowest BCUT2D eigenvalue weighted by atomic mass is 10.1. The Morgan fingerprint density at radius 3 is 2.32 bits per heavy atom. The number of rotatable bonds is 6. The van der Waals surface area contributed by atoms with E-state index in [1.54, 1.807) is 0 Å². The molecule has 0 aliphatic carbocycles. The molecule has 0 radical (unpaired) electrons. The highest BCUT2D eigenvalue weighted by molar-refractivity contribution is 5.78. The Balaban J connectivity index is 1.81. The summed E-state index contributed by atoms with van der Waals surface area (Å²) >= 11 is 0. The number of aryl methyl sites for hydroxylation is 2. The Morgan fingerprint density at radius 1 is 1.00 bits per heavy atom. The second kappa shape index (κ2) is 9.44. The van der Waals surface area contributed by atoms with E-state index < -0.39 is 0 Å². The lowest BCUT2D eigenvalue weighted by Gasteiger charge is -2.22. The number of hydrogen-bond donors (Lipinski definition) is 0. The summed E-state index contributed by atoms with van der Waals surface area (Å²) in [5, 5.41) is 0. The molecule has 1 fully saturated rings. The molecule has 1 aliphatic rings. The van der Waals surface area contributed by atoms with Crippen LogP contribution < -0.4 is 4.74 Å². The van der Waals surface area contributed by atoms with E-state index in [0.717, 1.165) is 37.1 Å². The number of unbranched alkanes of at least 4 members (excludes halogenated alkanes) is 1. The van der Waals surface area contributed by atoms with Gasteiger partial charge in [-0.05, 0) is 49.9 Å². The molecule has 0 atom stereocenters. The molecule has 25 heavy (non-hydrogen) atoms. The summed E-state index contributed by atoms with van der Waals surface area (Å²) in [6.45, 7) is 8.86. The van der Waals surface area contributed by atoms with Gasteiger partial charge in [0.1, 0.15) is 5.75 Å². The van der Waals surface area contributed by atoms with E-state index in [1.807, 2.05) is 34.9 Å². The molecule has 1 aromatic rings. The van der Waals surface area contributed by atoms with E-state index >= 15 is 0 Å². The van der Waals surface area contributed by atoms with E-state index in [9.17, 15) is 9.59 Å². The van der Waals surface area contributed by atoms with Crippen molar-refractivity contribution in [2.75, 3.05) is 32.8 Å². The maximum absolute atomic E-state index is 12.4. The fourth-order valence-electron chi connectivity index (χ4n) is 2.94. The highest BCUT2D eigenvalue weighted by Gasteiger charge is 2.21. The van der Waals surface area contributed by atoms with Crippen LogP contribution in [0.25, 0.3) is 0 Å². The van der Waals surface area contributed by atoms with Crippen molar-refractivity contribution in [3.63, 3.8) is 0 Å². The van der Waals surface area contributed by atoms with Gasteiger partial charge in [-0.1, -0.05) is 19.4 Å². The summed E-state index contributed by atoms with van der Waals surface area (Å²) < 4.78 is 5.65. The molecule has 0 unspecified atom stereocenters. The number of nitrogens with zero attached hydrogens (tertiary/aromatic N) is 2. The average molecular weight is 346 g/mol. The van der Waals surface area contributed by atoms with Crippen LogP contribution in [0.5, 0.6) is 5.75 Å². The maximum Gasteiger partial charge on any atom is 0.260 e. The maximum atomic E-state index is 12.4. The molecule has 0 aromatic heterocycles. The molecule has 1 heterocycles. The summed E-state index contributed by atoms with van der Waals surface area (Å²) in [6, 6.07) is 5.85. The van der Waals surface area contributed by atoms with Gasteiger partial charge in [-0.25, -0.2) is 0 Å². The highest BCUT2D eigenvalue weighted by atomic mass is 16.5. The van der Waals surface area contributed by atoms with Crippen LogP contribution in [0.3, 0.4) is 0 Å². The fraction of sp³-hybridized carbons (Fsp3) is 0.600. The zero-order chi connectivity index (χ0) is 18.2. The predicted octanol–water partition coefficient (Wildman–Crippen LogP) is 2.93. The minimum Gasteiger partial charge on any atom is -0.484 e. The summed E-state index contributed by atoms with van der Waals surface area (Å²) in [5.74, 6) is 0.922. The number of benzene rings is 1. The first-order valence-corrected chi connectivity index (χ1v) is 9.27. The van der Waals surface area contributed by atoms with Crippen molar-refractivity contribution in [1.29, 1.82) is 0 Å². The van der Waals surface area contributed by atoms with Crippen molar-refractivity contribution in [3.8, 4) is 5.75 Å². The van der Waals surface area contributed by atoms with Gasteiger partial charge in [-0.3, -0.25) is 9.59 Å². The number of ether oxygens (including phenoxy) is 1. The third-order valence-corrected chi connectivity index (χ3v) is 4.79. The first-order valence-electron chi connectivity index (χ1n) is 9.27. The number of carbonyl (C=O) groups is 2. The average Bonchev–Trinajstić information content (AvgIpc) is 2.86. The van der Waals surface area contributed by atoms with Crippen molar-refractivity contribution in [1.82, 2.24) is 9.80 Å². The molecular weight excluding hydrogens is 316 g/mol. The van der Waals surface area contributed by atoms with Crippen molar-refractivity contribution in [2.45, 2.75) is 46.5 Å². The van der Waals surface area contributed by atoms with Crippen LogP contribution in [0.1, 0.15) is 43.7 Å². The quantitative estimate of drug-likeness (QED) is 0.796. The summed E-state index contributed by atoms with van der Waals surface area (Å²) in [5.41, 5.74) is 2.36. The zero-order valence-electron chi connectivity index (χ0n) is 15.7. The fourth-order valence-corrected chi connectivity index (χ4v) is 2.94. The zero-order valence-corrected chi connectivity index (χ0v) is 15.7. The van der Waals surface area contributed by atoms with Gasteiger partial charge >= 0.3 is 0 Å². The van der Waals surface area contributed by atoms with Crippen LogP contribution in [0.4, 0.5) is 0 Å². The lowest BCUT2D eigenvalue weighted by Crippen LogP contribution is -2.39. The molecule has 5 nitrogen and oxygen atoms in total. The number of carbonyl (C=O) groups excluding carboxylic acids is 2. The van der Waals surface area contributed by atoms with Gasteiger partial charge in [0.25, 0.3) is 5.91 Å². The van der Waals surface area contributed by atoms with Crippen LogP contribution in [-0.4, -0.2) is 54.4 Å².